The van der Waals surface area contributed by atoms with E-state index in [1.165, 1.54) is 0 Å². The third kappa shape index (κ3) is 1.47. The van der Waals surface area contributed by atoms with Crippen molar-refractivity contribution in [1.29, 1.82) is 0 Å². The first-order valence-electron chi connectivity index (χ1n) is 4.52. The largest absolute Gasteiger partial charge is 0.394 e. The fourth-order valence-corrected chi connectivity index (χ4v) is 1.56. The van der Waals surface area contributed by atoms with Gasteiger partial charge >= 0.3 is 0 Å². The normalized spacial score (nSPS) is 13.0. The summed E-state index contributed by atoms with van der Waals surface area (Å²) in [6.07, 6.45) is 3.52. The van der Waals surface area contributed by atoms with Gasteiger partial charge in [-0.1, -0.05) is 18.2 Å². The summed E-state index contributed by atoms with van der Waals surface area (Å²) in [5, 5.41) is 11.1. The Morgan fingerprint density at radius 2 is 2.21 bits per heavy atom. The second-order valence-electron chi connectivity index (χ2n) is 3.23. The van der Waals surface area contributed by atoms with Crippen LogP contribution in [0.25, 0.3) is 10.8 Å². The molecule has 0 saturated heterocycles. The quantitative estimate of drug-likeness (QED) is 0.745. The molecule has 0 radical (unpaired) electrons. The number of aliphatic hydroxyl groups excluding tert-OH is 1. The first kappa shape index (κ1) is 9.12. The van der Waals surface area contributed by atoms with Crippen molar-refractivity contribution < 1.29 is 5.11 Å². The summed E-state index contributed by atoms with van der Waals surface area (Å²) in [7, 11) is 0. The highest BCUT2D eigenvalue weighted by molar-refractivity contribution is 5.85. The average molecular weight is 188 g/mol. The van der Waals surface area contributed by atoms with Gasteiger partial charge in [0.05, 0.1) is 12.6 Å². The van der Waals surface area contributed by atoms with Crippen molar-refractivity contribution in [3.8, 4) is 0 Å². The zero-order chi connectivity index (χ0) is 9.97. The van der Waals surface area contributed by atoms with E-state index in [1.807, 2.05) is 24.3 Å². The summed E-state index contributed by atoms with van der Waals surface area (Å²) < 4.78 is 0. The van der Waals surface area contributed by atoms with Crippen LogP contribution in [0.5, 0.6) is 0 Å². The number of rotatable bonds is 2. The second kappa shape index (κ2) is 3.74. The van der Waals surface area contributed by atoms with E-state index in [1.54, 1.807) is 12.4 Å². The van der Waals surface area contributed by atoms with Crippen molar-refractivity contribution in [1.82, 2.24) is 4.98 Å². The number of pyridine rings is 1. The summed E-state index contributed by atoms with van der Waals surface area (Å²) in [5.41, 5.74) is 6.73. The minimum atomic E-state index is -0.331. The van der Waals surface area contributed by atoms with Crippen molar-refractivity contribution in [2.45, 2.75) is 6.04 Å². The van der Waals surface area contributed by atoms with E-state index in [-0.39, 0.29) is 12.6 Å². The van der Waals surface area contributed by atoms with E-state index >= 15 is 0 Å². The molecular weight excluding hydrogens is 176 g/mol. The highest BCUT2D eigenvalue weighted by atomic mass is 16.3. The van der Waals surface area contributed by atoms with Crippen LogP contribution in [0.15, 0.2) is 36.7 Å². The van der Waals surface area contributed by atoms with Gasteiger partial charge in [-0.15, -0.1) is 0 Å². The Morgan fingerprint density at radius 3 is 3.00 bits per heavy atom. The molecule has 0 saturated carbocycles. The van der Waals surface area contributed by atoms with Crippen molar-refractivity contribution in [3.63, 3.8) is 0 Å². The van der Waals surface area contributed by atoms with E-state index in [0.717, 1.165) is 16.3 Å². The zero-order valence-electron chi connectivity index (χ0n) is 7.72. The van der Waals surface area contributed by atoms with Gasteiger partial charge in [-0.25, -0.2) is 0 Å². The van der Waals surface area contributed by atoms with Crippen LogP contribution < -0.4 is 5.73 Å². The topological polar surface area (TPSA) is 59.1 Å². The minimum absolute atomic E-state index is 0.0476. The fraction of sp³-hybridized carbons (Fsp3) is 0.182. The molecule has 2 aromatic rings. The lowest BCUT2D eigenvalue weighted by atomic mass is 10.0. The molecule has 1 aromatic heterocycles. The molecule has 0 aliphatic rings. The number of nitrogens with two attached hydrogens (primary N) is 1. The standard InChI is InChI=1S/C11H12N2O/c12-11(7-14)9-3-1-2-8-4-5-13-6-10(8)9/h1-6,11,14H,7,12H2/t11-/m0/s1. The molecule has 0 amide bonds. The molecule has 3 nitrogen and oxygen atoms in total. The van der Waals surface area contributed by atoms with Crippen LogP contribution in [0, 0.1) is 0 Å². The smallest absolute Gasteiger partial charge is 0.0624 e. The zero-order valence-corrected chi connectivity index (χ0v) is 7.72. The van der Waals surface area contributed by atoms with E-state index in [9.17, 15) is 0 Å². The summed E-state index contributed by atoms with van der Waals surface area (Å²) >= 11 is 0. The van der Waals surface area contributed by atoms with Crippen LogP contribution in [0.2, 0.25) is 0 Å². The van der Waals surface area contributed by atoms with Crippen molar-refractivity contribution in [2.75, 3.05) is 6.61 Å². The number of fused-ring (bicyclic) bond motifs is 1. The first-order valence-corrected chi connectivity index (χ1v) is 4.52. The molecule has 3 N–H and O–H groups in total. The molecule has 3 heteroatoms. The molecule has 2 rings (SSSR count). The maximum absolute atomic E-state index is 9.00. The molecule has 0 unspecified atom stereocenters. The SMILES string of the molecule is N[C@@H](CO)c1cccc2ccncc12. The van der Waals surface area contributed by atoms with Gasteiger partial charge in [0.25, 0.3) is 0 Å². The summed E-state index contributed by atoms with van der Waals surface area (Å²) in [4.78, 5) is 4.05. The Bertz CT molecular complexity index is 437. The van der Waals surface area contributed by atoms with E-state index < -0.39 is 0 Å². The Hall–Kier alpha value is -1.45. The molecule has 0 bridgehead atoms. The van der Waals surface area contributed by atoms with Gasteiger partial charge in [-0.05, 0) is 17.0 Å². The van der Waals surface area contributed by atoms with Gasteiger partial charge in [0.2, 0.25) is 0 Å². The van der Waals surface area contributed by atoms with Gasteiger partial charge in [0.1, 0.15) is 0 Å². The van der Waals surface area contributed by atoms with Crippen molar-refractivity contribution in [3.05, 3.63) is 42.2 Å². The molecule has 14 heavy (non-hydrogen) atoms. The lowest BCUT2D eigenvalue weighted by molar-refractivity contribution is 0.268. The number of benzene rings is 1. The Morgan fingerprint density at radius 1 is 1.36 bits per heavy atom. The molecule has 0 fully saturated rings. The molecule has 0 aliphatic heterocycles. The average Bonchev–Trinajstić information content (AvgIpc) is 2.27. The Kier molecular flexibility index (Phi) is 2.43. The Balaban J connectivity index is 2.65. The third-order valence-corrected chi connectivity index (χ3v) is 2.31. The summed E-state index contributed by atoms with van der Waals surface area (Å²) in [5.74, 6) is 0. The molecule has 1 atom stereocenters. The molecule has 1 heterocycles. The van der Waals surface area contributed by atoms with Crippen LogP contribution in [-0.4, -0.2) is 16.7 Å². The van der Waals surface area contributed by atoms with Crippen LogP contribution in [0.3, 0.4) is 0 Å². The molecule has 0 aliphatic carbocycles. The van der Waals surface area contributed by atoms with E-state index in [4.69, 9.17) is 10.8 Å². The Labute approximate surface area is 82.2 Å². The lowest BCUT2D eigenvalue weighted by Gasteiger charge is -2.11. The monoisotopic (exact) mass is 188 g/mol. The molecule has 1 aromatic carbocycles. The lowest BCUT2D eigenvalue weighted by Crippen LogP contribution is -2.14. The van der Waals surface area contributed by atoms with Crippen LogP contribution >= 0.6 is 0 Å². The van der Waals surface area contributed by atoms with Gasteiger partial charge in [0, 0.05) is 17.8 Å². The van der Waals surface area contributed by atoms with E-state index in [2.05, 4.69) is 4.98 Å². The minimum Gasteiger partial charge on any atom is -0.394 e. The summed E-state index contributed by atoms with van der Waals surface area (Å²) in [6, 6.07) is 7.47. The third-order valence-electron chi connectivity index (χ3n) is 2.31. The van der Waals surface area contributed by atoms with Gasteiger partial charge < -0.3 is 10.8 Å². The van der Waals surface area contributed by atoms with Crippen LogP contribution in [-0.2, 0) is 0 Å². The molecule has 0 spiro atoms. The highest BCUT2D eigenvalue weighted by Crippen LogP contribution is 2.21. The van der Waals surface area contributed by atoms with Crippen molar-refractivity contribution >= 4 is 10.8 Å². The van der Waals surface area contributed by atoms with Gasteiger partial charge in [-0.2, -0.15) is 0 Å². The fourth-order valence-electron chi connectivity index (χ4n) is 1.56. The van der Waals surface area contributed by atoms with E-state index in [0.29, 0.717) is 0 Å². The summed E-state index contributed by atoms with van der Waals surface area (Å²) in [6.45, 7) is -0.0476. The van der Waals surface area contributed by atoms with Crippen molar-refractivity contribution in [2.24, 2.45) is 5.73 Å². The van der Waals surface area contributed by atoms with Crippen LogP contribution in [0.1, 0.15) is 11.6 Å². The number of hydrogen-bond donors (Lipinski definition) is 2. The van der Waals surface area contributed by atoms with Gasteiger partial charge in [-0.3, -0.25) is 4.98 Å². The maximum atomic E-state index is 9.00. The number of hydrogen-bond acceptors (Lipinski definition) is 3. The molecular formula is C11H12N2O. The maximum Gasteiger partial charge on any atom is 0.0624 e. The van der Waals surface area contributed by atoms with Gasteiger partial charge in [0.15, 0.2) is 0 Å². The number of nitrogens with zero attached hydrogens (tertiary/aromatic N) is 1. The predicted molar refractivity (Wildman–Crippen MR) is 55.8 cm³/mol. The second-order valence-corrected chi connectivity index (χ2v) is 3.23. The van der Waals surface area contributed by atoms with Crippen LogP contribution in [0.4, 0.5) is 0 Å². The number of aliphatic hydroxyl groups is 1. The highest BCUT2D eigenvalue weighted by Gasteiger charge is 2.07. The number of aromatic nitrogens is 1. The molecule has 72 valence electrons. The predicted octanol–water partition coefficient (Wildman–Crippen LogP) is 1.23. The first-order chi connectivity index (χ1) is 6.83.